The Morgan fingerprint density at radius 2 is 1.85 bits per heavy atom. The predicted octanol–water partition coefficient (Wildman–Crippen LogP) is 5.32. The maximum Gasteiger partial charge on any atom is 0.224 e. The molecule has 40 heavy (non-hydrogen) atoms. The van der Waals surface area contributed by atoms with E-state index in [1.165, 1.54) is 12.1 Å². The summed E-state index contributed by atoms with van der Waals surface area (Å²) in [7, 11) is 1.93. The summed E-state index contributed by atoms with van der Waals surface area (Å²) < 4.78 is 13.4. The molecule has 0 radical (unpaired) electrons. The van der Waals surface area contributed by atoms with Crippen LogP contribution in [0.4, 0.5) is 15.8 Å². The summed E-state index contributed by atoms with van der Waals surface area (Å²) in [4.78, 5) is 39.7. The Kier molecular flexibility index (Phi) is 9.11. The van der Waals surface area contributed by atoms with Crippen molar-refractivity contribution in [3.8, 4) is 0 Å². The maximum atomic E-state index is 13.9. The molecule has 1 saturated heterocycles. The quantitative estimate of drug-likeness (QED) is 0.407. The van der Waals surface area contributed by atoms with E-state index < -0.39 is 0 Å². The van der Waals surface area contributed by atoms with Crippen molar-refractivity contribution >= 4 is 34.5 Å². The number of halogens is 1. The minimum atomic E-state index is -0.275. The average molecular weight is 564 g/mol. The topological polar surface area (TPSA) is 60.0 Å². The van der Waals surface area contributed by atoms with Crippen molar-refractivity contribution in [2.45, 2.75) is 64.2 Å². The van der Waals surface area contributed by atoms with Crippen LogP contribution in [0.1, 0.15) is 49.6 Å². The number of thiazole rings is 1. The van der Waals surface area contributed by atoms with Gasteiger partial charge in [-0.1, -0.05) is 24.6 Å². The van der Waals surface area contributed by atoms with Crippen LogP contribution in [0.2, 0.25) is 0 Å². The molecule has 9 heteroatoms. The molecule has 7 nitrogen and oxygen atoms in total. The Morgan fingerprint density at radius 1 is 1.07 bits per heavy atom. The number of para-hydroxylation sites is 1. The van der Waals surface area contributed by atoms with E-state index in [0.717, 1.165) is 54.2 Å². The summed E-state index contributed by atoms with van der Waals surface area (Å²) >= 11 is 1.67. The molecule has 2 bridgehead atoms. The summed E-state index contributed by atoms with van der Waals surface area (Å²) in [6, 6.07) is 14.9. The lowest BCUT2D eigenvalue weighted by molar-refractivity contribution is -0.133. The first-order chi connectivity index (χ1) is 19.4. The number of amides is 2. The number of nitrogens with zero attached hydrogens (tertiary/aromatic N) is 5. The molecule has 2 unspecified atom stereocenters. The smallest absolute Gasteiger partial charge is 0.224 e. The fourth-order valence-corrected chi connectivity index (χ4v) is 6.69. The standard InChI is InChI=1S/C31H38FN5O2S/c1-23(38)36-18-14-27-7-5-8-28(37(27)22-30-33-16-19-40-30)21-35(20-24-6-3-4-9-29(24)36)31(39)15-17-34(2)26-12-10-25(32)11-13-26/h3-4,6,9-13,16,19,27-28H,5,7-8,14-15,17-18,20-22H2,1-2H3. The van der Waals surface area contributed by atoms with Gasteiger partial charge in [0.05, 0.1) is 6.54 Å². The molecule has 1 aromatic heterocycles. The third-order valence-corrected chi connectivity index (χ3v) is 9.00. The van der Waals surface area contributed by atoms with Crippen LogP contribution in [-0.4, -0.2) is 65.4 Å². The number of hydrogen-bond acceptors (Lipinski definition) is 6. The van der Waals surface area contributed by atoms with E-state index in [0.29, 0.717) is 38.6 Å². The van der Waals surface area contributed by atoms with Crippen molar-refractivity contribution in [2.24, 2.45) is 0 Å². The number of benzene rings is 2. The van der Waals surface area contributed by atoms with Crippen LogP contribution in [0, 0.1) is 5.82 Å². The van der Waals surface area contributed by atoms with Gasteiger partial charge < -0.3 is 14.7 Å². The molecule has 3 heterocycles. The first-order valence-corrected chi connectivity index (χ1v) is 15.0. The summed E-state index contributed by atoms with van der Waals surface area (Å²) in [5.41, 5.74) is 2.75. The van der Waals surface area contributed by atoms with E-state index >= 15 is 0 Å². The SMILES string of the molecule is CC(=O)N1CCC2CCCC(CN(C(=O)CCN(C)c3ccc(F)cc3)Cc3ccccc31)N2Cc1nccs1. The molecule has 2 atom stereocenters. The second kappa shape index (κ2) is 12.9. The fourth-order valence-electron chi connectivity index (χ4n) is 6.06. The van der Waals surface area contributed by atoms with Crippen LogP contribution in [0.3, 0.4) is 0 Å². The molecule has 0 N–H and O–H groups in total. The first-order valence-electron chi connectivity index (χ1n) is 14.1. The van der Waals surface area contributed by atoms with Gasteiger partial charge in [-0.2, -0.15) is 0 Å². The zero-order valence-corrected chi connectivity index (χ0v) is 24.2. The molecule has 0 spiro atoms. The van der Waals surface area contributed by atoms with E-state index in [1.807, 2.05) is 57.6 Å². The number of hydrogen-bond donors (Lipinski definition) is 0. The number of piperidine rings is 1. The molecule has 0 saturated carbocycles. The van der Waals surface area contributed by atoms with E-state index in [2.05, 4.69) is 9.88 Å². The molecule has 0 aliphatic carbocycles. The minimum Gasteiger partial charge on any atom is -0.374 e. The molecule has 5 rings (SSSR count). The van der Waals surface area contributed by atoms with Crippen LogP contribution in [0.25, 0.3) is 0 Å². The Morgan fingerprint density at radius 3 is 2.60 bits per heavy atom. The summed E-state index contributed by atoms with van der Waals surface area (Å²) in [5.74, 6) is -0.179. The van der Waals surface area contributed by atoms with Gasteiger partial charge in [-0.15, -0.1) is 11.3 Å². The van der Waals surface area contributed by atoms with Crippen molar-refractivity contribution in [1.29, 1.82) is 0 Å². The lowest BCUT2D eigenvalue weighted by Gasteiger charge is -2.44. The van der Waals surface area contributed by atoms with Gasteiger partial charge in [0.15, 0.2) is 0 Å². The zero-order valence-electron chi connectivity index (χ0n) is 23.3. The van der Waals surface area contributed by atoms with Gasteiger partial charge >= 0.3 is 0 Å². The second-order valence-electron chi connectivity index (χ2n) is 10.8. The average Bonchev–Trinajstić information content (AvgIpc) is 3.46. The van der Waals surface area contributed by atoms with Crippen LogP contribution >= 0.6 is 11.3 Å². The van der Waals surface area contributed by atoms with Crippen LogP contribution in [-0.2, 0) is 22.7 Å². The Balaban J connectivity index is 1.43. The second-order valence-corrected chi connectivity index (χ2v) is 11.8. The first kappa shape index (κ1) is 28.2. The van der Waals surface area contributed by atoms with Gasteiger partial charge in [0.2, 0.25) is 11.8 Å². The van der Waals surface area contributed by atoms with Crippen molar-refractivity contribution < 1.29 is 14.0 Å². The summed E-state index contributed by atoms with van der Waals surface area (Å²) in [6.07, 6.45) is 6.28. The van der Waals surface area contributed by atoms with E-state index in [1.54, 1.807) is 30.4 Å². The summed E-state index contributed by atoms with van der Waals surface area (Å²) in [6.45, 7) is 4.64. The Bertz CT molecular complexity index is 1290. The van der Waals surface area contributed by atoms with Crippen molar-refractivity contribution in [1.82, 2.24) is 14.8 Å². The Hall–Kier alpha value is -3.30. The number of rotatable bonds is 6. The van der Waals surface area contributed by atoms with E-state index in [4.69, 9.17) is 0 Å². The lowest BCUT2D eigenvalue weighted by atomic mass is 9.92. The van der Waals surface area contributed by atoms with Gasteiger partial charge in [0.25, 0.3) is 0 Å². The highest BCUT2D eigenvalue weighted by atomic mass is 32.1. The maximum absolute atomic E-state index is 13.9. The molecular formula is C31H38FN5O2S. The molecule has 2 aliphatic rings. The van der Waals surface area contributed by atoms with Crippen molar-refractivity contribution in [3.05, 3.63) is 76.5 Å². The van der Waals surface area contributed by atoms with Crippen LogP contribution < -0.4 is 9.80 Å². The third-order valence-electron chi connectivity index (χ3n) is 8.24. The third kappa shape index (κ3) is 6.70. The van der Waals surface area contributed by atoms with Crippen LogP contribution in [0.15, 0.2) is 60.1 Å². The van der Waals surface area contributed by atoms with Gasteiger partial charge in [0, 0.05) is 81.6 Å². The zero-order chi connectivity index (χ0) is 28.1. The normalized spacial score (nSPS) is 20.0. The monoisotopic (exact) mass is 563 g/mol. The number of anilines is 2. The molecule has 1 fully saturated rings. The van der Waals surface area contributed by atoms with Gasteiger partial charge in [-0.25, -0.2) is 9.37 Å². The minimum absolute atomic E-state index is 0.0179. The largest absolute Gasteiger partial charge is 0.374 e. The van der Waals surface area contributed by atoms with Crippen LogP contribution in [0.5, 0.6) is 0 Å². The van der Waals surface area contributed by atoms with Gasteiger partial charge in [-0.05, 0) is 55.2 Å². The van der Waals surface area contributed by atoms with E-state index in [-0.39, 0.29) is 23.7 Å². The number of aromatic nitrogens is 1. The van der Waals surface area contributed by atoms with Gasteiger partial charge in [-0.3, -0.25) is 14.5 Å². The molecule has 212 valence electrons. The van der Waals surface area contributed by atoms with E-state index in [9.17, 15) is 14.0 Å². The number of fused-ring (bicyclic) bond motifs is 3. The number of carbonyl (C=O) groups excluding carboxylic acids is 2. The highest BCUT2D eigenvalue weighted by Gasteiger charge is 2.35. The predicted molar refractivity (Wildman–Crippen MR) is 158 cm³/mol. The van der Waals surface area contributed by atoms with Gasteiger partial charge in [0.1, 0.15) is 10.8 Å². The van der Waals surface area contributed by atoms with Crippen molar-refractivity contribution in [3.63, 3.8) is 0 Å². The number of carbonyl (C=O) groups is 2. The summed E-state index contributed by atoms with van der Waals surface area (Å²) in [5, 5.41) is 3.09. The molecular weight excluding hydrogens is 525 g/mol. The lowest BCUT2D eigenvalue weighted by Crippen LogP contribution is -2.52. The highest BCUT2D eigenvalue weighted by molar-refractivity contribution is 7.09. The highest BCUT2D eigenvalue weighted by Crippen LogP contribution is 2.32. The Labute approximate surface area is 240 Å². The molecule has 2 aliphatic heterocycles. The van der Waals surface area contributed by atoms with Crippen molar-refractivity contribution in [2.75, 3.05) is 36.5 Å². The molecule has 3 aromatic rings. The fraction of sp³-hybridized carbons (Fsp3) is 0.452. The molecule has 2 aromatic carbocycles. The molecule has 2 amide bonds.